The molecule has 2 N–H and O–H groups in total. The summed E-state index contributed by atoms with van der Waals surface area (Å²) in [6.45, 7) is 1.49. The van der Waals surface area contributed by atoms with Crippen molar-refractivity contribution in [3.05, 3.63) is 42.0 Å². The number of carbonyl (C=O) groups is 2. The predicted octanol–water partition coefficient (Wildman–Crippen LogP) is 2.98. The highest BCUT2D eigenvalue weighted by molar-refractivity contribution is 7.99. The number of piperidine rings is 1. The zero-order valence-corrected chi connectivity index (χ0v) is 17.6. The van der Waals surface area contributed by atoms with Crippen molar-refractivity contribution in [3.8, 4) is 0 Å². The number of carbonyl (C=O) groups excluding carboxylic acids is 2. The Kier molecular flexibility index (Phi) is 6.64. The summed E-state index contributed by atoms with van der Waals surface area (Å²) >= 11 is 1.18. The molecule has 31 heavy (non-hydrogen) atoms. The standard InChI is InChI=1S/C21H23F2N5O2S/c22-14-9-15(23)11-17(10-14)24-19(29)12-31-20-4-3-18(26-27-20)28-7-5-13(6-8-28)21(30)25-16-1-2-16/h3-4,9-11,13,16H,1-2,5-8,12H2,(H,24,29)(H,25,30). The Hall–Kier alpha value is -2.75. The second kappa shape index (κ2) is 9.59. The number of anilines is 2. The Morgan fingerprint density at radius 3 is 2.35 bits per heavy atom. The van der Waals surface area contributed by atoms with Gasteiger partial charge in [-0.25, -0.2) is 8.78 Å². The minimum absolute atomic E-state index is 0.0354. The van der Waals surface area contributed by atoms with Crippen molar-refractivity contribution in [2.45, 2.75) is 36.8 Å². The molecule has 1 aromatic carbocycles. The number of nitrogens with zero attached hydrogens (tertiary/aromatic N) is 3. The number of benzene rings is 1. The number of hydrogen-bond acceptors (Lipinski definition) is 6. The van der Waals surface area contributed by atoms with Gasteiger partial charge in [-0.2, -0.15) is 0 Å². The molecule has 4 rings (SSSR count). The summed E-state index contributed by atoms with van der Waals surface area (Å²) in [5.41, 5.74) is 0.0683. The van der Waals surface area contributed by atoms with Gasteiger partial charge in [0.1, 0.15) is 16.7 Å². The largest absolute Gasteiger partial charge is 0.355 e. The van der Waals surface area contributed by atoms with Crippen LogP contribution in [-0.4, -0.2) is 46.9 Å². The summed E-state index contributed by atoms with van der Waals surface area (Å²) < 4.78 is 26.4. The molecule has 2 aliphatic rings. The van der Waals surface area contributed by atoms with Gasteiger partial charge >= 0.3 is 0 Å². The third kappa shape index (κ3) is 6.13. The molecule has 1 aliphatic carbocycles. The SMILES string of the molecule is O=C(CSc1ccc(N2CCC(C(=O)NC3CC3)CC2)nn1)Nc1cc(F)cc(F)c1. The fraction of sp³-hybridized carbons (Fsp3) is 0.429. The van der Waals surface area contributed by atoms with E-state index < -0.39 is 17.5 Å². The number of amides is 2. The molecule has 2 aromatic rings. The summed E-state index contributed by atoms with van der Waals surface area (Å²) in [5, 5.41) is 14.5. The molecule has 164 valence electrons. The summed E-state index contributed by atoms with van der Waals surface area (Å²) in [6, 6.07) is 6.87. The quantitative estimate of drug-likeness (QED) is 0.635. The molecule has 10 heteroatoms. The number of hydrogen-bond donors (Lipinski definition) is 2. The van der Waals surface area contributed by atoms with E-state index in [-0.39, 0.29) is 23.3 Å². The number of rotatable bonds is 7. The van der Waals surface area contributed by atoms with Crippen LogP contribution in [0.2, 0.25) is 0 Å². The molecule has 1 saturated carbocycles. The highest BCUT2D eigenvalue weighted by atomic mass is 32.2. The molecule has 0 atom stereocenters. The molecule has 0 unspecified atom stereocenters. The monoisotopic (exact) mass is 447 g/mol. The van der Waals surface area contributed by atoms with Crippen LogP contribution < -0.4 is 15.5 Å². The lowest BCUT2D eigenvalue weighted by Crippen LogP contribution is -2.41. The molecule has 0 spiro atoms. The van der Waals surface area contributed by atoms with Crippen LogP contribution in [-0.2, 0) is 9.59 Å². The van der Waals surface area contributed by atoms with E-state index in [1.165, 1.54) is 11.8 Å². The molecule has 1 aromatic heterocycles. The van der Waals surface area contributed by atoms with E-state index >= 15 is 0 Å². The topological polar surface area (TPSA) is 87.2 Å². The molecule has 0 radical (unpaired) electrons. The van der Waals surface area contributed by atoms with Gasteiger partial charge in [0.25, 0.3) is 0 Å². The van der Waals surface area contributed by atoms with Gasteiger partial charge in [0.05, 0.1) is 5.75 Å². The lowest BCUT2D eigenvalue weighted by Gasteiger charge is -2.31. The Bertz CT molecular complexity index is 927. The van der Waals surface area contributed by atoms with Crippen LogP contribution in [0.1, 0.15) is 25.7 Å². The molecule has 2 heterocycles. The summed E-state index contributed by atoms with van der Waals surface area (Å²) in [6.07, 6.45) is 3.76. The highest BCUT2D eigenvalue weighted by Crippen LogP contribution is 2.25. The van der Waals surface area contributed by atoms with E-state index in [2.05, 4.69) is 25.7 Å². The number of thioether (sulfide) groups is 1. The maximum absolute atomic E-state index is 13.2. The van der Waals surface area contributed by atoms with Crippen molar-refractivity contribution in [3.63, 3.8) is 0 Å². The van der Waals surface area contributed by atoms with Gasteiger partial charge in [-0.1, -0.05) is 11.8 Å². The van der Waals surface area contributed by atoms with Crippen molar-refractivity contribution in [1.29, 1.82) is 0 Å². The van der Waals surface area contributed by atoms with E-state index in [1.54, 1.807) is 6.07 Å². The zero-order chi connectivity index (χ0) is 21.8. The maximum Gasteiger partial charge on any atom is 0.234 e. The summed E-state index contributed by atoms with van der Waals surface area (Å²) in [5.74, 6) is -0.899. The van der Waals surface area contributed by atoms with Gasteiger partial charge in [0.15, 0.2) is 5.82 Å². The molecule has 1 saturated heterocycles. The van der Waals surface area contributed by atoms with E-state index in [0.717, 1.165) is 62.8 Å². The molecule has 7 nitrogen and oxygen atoms in total. The van der Waals surface area contributed by atoms with Crippen molar-refractivity contribution < 1.29 is 18.4 Å². The molecular weight excluding hydrogens is 424 g/mol. The highest BCUT2D eigenvalue weighted by Gasteiger charge is 2.30. The molecule has 2 amide bonds. The van der Waals surface area contributed by atoms with Crippen LogP contribution in [0.3, 0.4) is 0 Å². The Morgan fingerprint density at radius 1 is 1.03 bits per heavy atom. The van der Waals surface area contributed by atoms with Gasteiger partial charge in [-0.15, -0.1) is 10.2 Å². The van der Waals surface area contributed by atoms with Crippen LogP contribution in [0, 0.1) is 17.6 Å². The molecule has 1 aliphatic heterocycles. The fourth-order valence-corrected chi connectivity index (χ4v) is 4.05. The Balaban J connectivity index is 1.23. The van der Waals surface area contributed by atoms with E-state index in [0.29, 0.717) is 11.1 Å². The van der Waals surface area contributed by atoms with Crippen molar-refractivity contribution >= 4 is 35.1 Å². The van der Waals surface area contributed by atoms with Crippen LogP contribution in [0.25, 0.3) is 0 Å². The van der Waals surface area contributed by atoms with E-state index in [9.17, 15) is 18.4 Å². The van der Waals surface area contributed by atoms with Gasteiger partial charge in [0.2, 0.25) is 11.8 Å². The molecule has 2 fully saturated rings. The van der Waals surface area contributed by atoms with Crippen molar-refractivity contribution in [2.75, 3.05) is 29.1 Å². The first-order valence-corrected chi connectivity index (χ1v) is 11.2. The van der Waals surface area contributed by atoms with Crippen LogP contribution in [0.15, 0.2) is 35.4 Å². The third-order valence-electron chi connectivity index (χ3n) is 5.24. The Labute approximate surface area is 183 Å². The van der Waals surface area contributed by atoms with Crippen molar-refractivity contribution in [2.24, 2.45) is 5.92 Å². The van der Waals surface area contributed by atoms with Gasteiger partial charge in [-0.3, -0.25) is 9.59 Å². The third-order valence-corrected chi connectivity index (χ3v) is 6.16. The first-order chi connectivity index (χ1) is 15.0. The van der Waals surface area contributed by atoms with Gasteiger partial charge in [-0.05, 0) is 49.9 Å². The van der Waals surface area contributed by atoms with Crippen LogP contribution in [0.4, 0.5) is 20.3 Å². The second-order valence-corrected chi connectivity index (χ2v) is 8.76. The predicted molar refractivity (Wildman–Crippen MR) is 114 cm³/mol. The van der Waals surface area contributed by atoms with Crippen molar-refractivity contribution in [1.82, 2.24) is 15.5 Å². The van der Waals surface area contributed by atoms with Crippen LogP contribution in [0.5, 0.6) is 0 Å². The average Bonchev–Trinajstić information content (AvgIpc) is 3.56. The molecular formula is C21H23F2N5O2S. The first kappa shape index (κ1) is 21.5. The summed E-state index contributed by atoms with van der Waals surface area (Å²) in [4.78, 5) is 26.3. The second-order valence-electron chi connectivity index (χ2n) is 7.77. The normalized spacial score (nSPS) is 16.8. The fourth-order valence-electron chi connectivity index (χ4n) is 3.44. The number of aromatic nitrogens is 2. The van der Waals surface area contributed by atoms with Crippen LogP contribution >= 0.6 is 11.8 Å². The van der Waals surface area contributed by atoms with Gasteiger partial charge < -0.3 is 15.5 Å². The average molecular weight is 448 g/mol. The minimum Gasteiger partial charge on any atom is -0.355 e. The zero-order valence-electron chi connectivity index (χ0n) is 16.8. The first-order valence-electron chi connectivity index (χ1n) is 10.2. The Morgan fingerprint density at radius 2 is 1.74 bits per heavy atom. The number of halogens is 2. The van der Waals surface area contributed by atoms with E-state index in [4.69, 9.17) is 0 Å². The minimum atomic E-state index is -0.753. The lowest BCUT2D eigenvalue weighted by atomic mass is 9.96. The molecule has 0 bridgehead atoms. The lowest BCUT2D eigenvalue weighted by molar-refractivity contribution is -0.125. The summed E-state index contributed by atoms with van der Waals surface area (Å²) in [7, 11) is 0. The maximum atomic E-state index is 13.2. The van der Waals surface area contributed by atoms with E-state index in [1.807, 2.05) is 6.07 Å². The smallest absolute Gasteiger partial charge is 0.234 e. The number of nitrogens with one attached hydrogen (secondary N) is 2. The van der Waals surface area contributed by atoms with Gasteiger partial charge in [0, 0.05) is 36.8 Å².